The molecular weight excluding hydrogens is 363 g/mol. The van der Waals surface area contributed by atoms with Gasteiger partial charge in [0.2, 0.25) is 5.91 Å². The van der Waals surface area contributed by atoms with E-state index >= 15 is 0 Å². The number of likely N-dealkylation sites (tertiary alicyclic amines) is 1. The van der Waals surface area contributed by atoms with E-state index in [1.165, 1.54) is 24.2 Å². The number of amides is 1. The molecule has 1 fully saturated rings. The number of halogens is 1. The van der Waals surface area contributed by atoms with Crippen LogP contribution in [-0.4, -0.2) is 38.7 Å². The molecule has 2 heterocycles. The van der Waals surface area contributed by atoms with Crippen LogP contribution >= 0.6 is 11.8 Å². The fourth-order valence-electron chi connectivity index (χ4n) is 3.21. The molecule has 1 aliphatic rings. The minimum atomic E-state index is -0.445. The molecule has 0 spiro atoms. The maximum atomic E-state index is 14.2. The van der Waals surface area contributed by atoms with E-state index in [2.05, 4.69) is 10.2 Å². The molecule has 27 heavy (non-hydrogen) atoms. The van der Waals surface area contributed by atoms with Gasteiger partial charge in [0.15, 0.2) is 5.16 Å². The van der Waals surface area contributed by atoms with Gasteiger partial charge in [0.05, 0.1) is 5.69 Å². The first kappa shape index (κ1) is 17.7. The summed E-state index contributed by atoms with van der Waals surface area (Å²) in [7, 11) is 0. The molecule has 1 unspecified atom stereocenters. The molecule has 4 rings (SSSR count). The van der Waals surface area contributed by atoms with E-state index in [-0.39, 0.29) is 11.7 Å². The van der Waals surface area contributed by atoms with E-state index < -0.39 is 5.25 Å². The molecule has 0 aliphatic carbocycles. The summed E-state index contributed by atoms with van der Waals surface area (Å²) < 4.78 is 15.8. The molecule has 1 aromatic heterocycles. The Hall–Kier alpha value is -2.67. The van der Waals surface area contributed by atoms with Gasteiger partial charge in [-0.1, -0.05) is 54.2 Å². The lowest BCUT2D eigenvalue weighted by Crippen LogP contribution is -2.31. The summed E-state index contributed by atoms with van der Waals surface area (Å²) in [5.41, 5.74) is 1.27. The zero-order chi connectivity index (χ0) is 18.6. The first-order valence-electron chi connectivity index (χ1n) is 8.89. The zero-order valence-corrected chi connectivity index (χ0v) is 15.5. The lowest BCUT2D eigenvalue weighted by atomic mass is 10.1. The normalized spacial score (nSPS) is 15.1. The third kappa shape index (κ3) is 3.73. The van der Waals surface area contributed by atoms with Gasteiger partial charge in [-0.3, -0.25) is 9.36 Å². The maximum Gasteiger partial charge on any atom is 0.240 e. The van der Waals surface area contributed by atoms with Gasteiger partial charge in [0, 0.05) is 13.1 Å². The highest BCUT2D eigenvalue weighted by atomic mass is 32.2. The van der Waals surface area contributed by atoms with Crippen molar-refractivity contribution in [2.45, 2.75) is 23.2 Å². The molecule has 1 aliphatic heterocycles. The second-order valence-corrected chi connectivity index (χ2v) is 7.45. The molecule has 5 nitrogen and oxygen atoms in total. The lowest BCUT2D eigenvalue weighted by Gasteiger charge is -2.23. The van der Waals surface area contributed by atoms with Gasteiger partial charge >= 0.3 is 0 Å². The number of benzene rings is 2. The number of nitrogens with zero attached hydrogens (tertiary/aromatic N) is 4. The third-order valence-corrected chi connectivity index (χ3v) is 5.79. The Kier molecular flexibility index (Phi) is 5.20. The van der Waals surface area contributed by atoms with Crippen molar-refractivity contribution in [3.05, 3.63) is 72.3 Å². The number of aromatic nitrogens is 3. The Morgan fingerprint density at radius 3 is 2.48 bits per heavy atom. The molecule has 1 saturated heterocycles. The summed E-state index contributed by atoms with van der Waals surface area (Å²) in [6.45, 7) is 1.56. The first-order chi connectivity index (χ1) is 13.2. The van der Waals surface area contributed by atoms with Crippen LogP contribution in [0.2, 0.25) is 0 Å². The number of carbonyl (C=O) groups is 1. The topological polar surface area (TPSA) is 51.0 Å². The van der Waals surface area contributed by atoms with E-state index in [0.29, 0.717) is 10.8 Å². The summed E-state index contributed by atoms with van der Waals surface area (Å²) >= 11 is 1.31. The van der Waals surface area contributed by atoms with Crippen molar-refractivity contribution >= 4 is 17.7 Å². The van der Waals surface area contributed by atoms with Crippen LogP contribution in [0.25, 0.3) is 5.69 Å². The SMILES string of the molecule is O=C(C(Sc1nncn1-c1ccccc1F)c1ccccc1)N1CCCC1. The Morgan fingerprint density at radius 2 is 1.74 bits per heavy atom. The van der Waals surface area contributed by atoms with Gasteiger partial charge in [0.25, 0.3) is 0 Å². The predicted octanol–water partition coefficient (Wildman–Crippen LogP) is 3.86. The van der Waals surface area contributed by atoms with Gasteiger partial charge in [0.1, 0.15) is 17.4 Å². The van der Waals surface area contributed by atoms with E-state index in [0.717, 1.165) is 31.5 Å². The Labute approximate surface area is 161 Å². The number of carbonyl (C=O) groups excluding carboxylic acids is 1. The number of para-hydroxylation sites is 1. The number of hydrogen-bond acceptors (Lipinski definition) is 4. The number of hydrogen-bond donors (Lipinski definition) is 0. The highest BCUT2D eigenvalue weighted by Gasteiger charge is 2.30. The van der Waals surface area contributed by atoms with Gasteiger partial charge < -0.3 is 4.90 Å². The van der Waals surface area contributed by atoms with Crippen LogP contribution in [0.15, 0.2) is 66.1 Å². The minimum absolute atomic E-state index is 0.0618. The van der Waals surface area contributed by atoms with E-state index in [1.807, 2.05) is 35.2 Å². The summed E-state index contributed by atoms with van der Waals surface area (Å²) in [5.74, 6) is -0.298. The summed E-state index contributed by atoms with van der Waals surface area (Å²) in [6, 6.07) is 16.1. The first-order valence-corrected chi connectivity index (χ1v) is 9.77. The van der Waals surface area contributed by atoms with Gasteiger partial charge in [-0.25, -0.2) is 4.39 Å². The smallest absolute Gasteiger partial charge is 0.240 e. The highest BCUT2D eigenvalue weighted by Crippen LogP contribution is 2.37. The summed E-state index contributed by atoms with van der Waals surface area (Å²) in [4.78, 5) is 15.1. The molecular formula is C20H19FN4OS. The Morgan fingerprint density at radius 1 is 1.04 bits per heavy atom. The largest absolute Gasteiger partial charge is 0.341 e. The second-order valence-electron chi connectivity index (χ2n) is 6.38. The summed E-state index contributed by atoms with van der Waals surface area (Å²) in [6.07, 6.45) is 3.54. The van der Waals surface area contributed by atoms with Crippen LogP contribution in [-0.2, 0) is 4.79 Å². The van der Waals surface area contributed by atoms with Crippen LogP contribution < -0.4 is 0 Å². The molecule has 3 aromatic rings. The van der Waals surface area contributed by atoms with Crippen molar-refractivity contribution in [2.75, 3.05) is 13.1 Å². The Balaban J connectivity index is 1.68. The van der Waals surface area contributed by atoms with Crippen molar-refractivity contribution in [2.24, 2.45) is 0 Å². The zero-order valence-electron chi connectivity index (χ0n) is 14.7. The van der Waals surface area contributed by atoms with E-state index in [1.54, 1.807) is 22.8 Å². The molecule has 0 radical (unpaired) electrons. The second kappa shape index (κ2) is 7.92. The highest BCUT2D eigenvalue weighted by molar-refractivity contribution is 8.00. The van der Waals surface area contributed by atoms with Crippen molar-refractivity contribution in [1.29, 1.82) is 0 Å². The molecule has 7 heteroatoms. The standard InChI is InChI=1S/C20H19FN4OS/c21-16-10-4-5-11-17(16)25-14-22-23-20(25)27-18(15-8-2-1-3-9-15)19(26)24-12-6-7-13-24/h1-5,8-11,14,18H,6-7,12-13H2. The molecule has 1 amide bonds. The van der Waals surface area contributed by atoms with Gasteiger partial charge in [-0.15, -0.1) is 10.2 Å². The van der Waals surface area contributed by atoms with E-state index in [4.69, 9.17) is 0 Å². The average molecular weight is 382 g/mol. The van der Waals surface area contributed by atoms with Crippen molar-refractivity contribution in [3.63, 3.8) is 0 Å². The van der Waals surface area contributed by atoms with Gasteiger partial charge in [-0.05, 0) is 30.5 Å². The number of rotatable bonds is 5. The minimum Gasteiger partial charge on any atom is -0.341 e. The van der Waals surface area contributed by atoms with Crippen LogP contribution in [0.4, 0.5) is 4.39 Å². The monoisotopic (exact) mass is 382 g/mol. The summed E-state index contributed by atoms with van der Waals surface area (Å²) in [5, 5.41) is 8.13. The molecule has 2 aromatic carbocycles. The van der Waals surface area contributed by atoms with Crippen LogP contribution in [0.5, 0.6) is 0 Å². The van der Waals surface area contributed by atoms with Crippen LogP contribution in [0.1, 0.15) is 23.7 Å². The van der Waals surface area contributed by atoms with Crippen molar-refractivity contribution < 1.29 is 9.18 Å². The Bertz CT molecular complexity index is 924. The van der Waals surface area contributed by atoms with Crippen LogP contribution in [0.3, 0.4) is 0 Å². The lowest BCUT2D eigenvalue weighted by molar-refractivity contribution is -0.129. The van der Waals surface area contributed by atoms with Gasteiger partial charge in [-0.2, -0.15) is 0 Å². The maximum absolute atomic E-state index is 14.2. The molecule has 0 bridgehead atoms. The fourth-order valence-corrected chi connectivity index (χ4v) is 4.32. The molecule has 0 saturated carbocycles. The molecule has 138 valence electrons. The molecule has 0 N–H and O–H groups in total. The van der Waals surface area contributed by atoms with Crippen molar-refractivity contribution in [1.82, 2.24) is 19.7 Å². The van der Waals surface area contributed by atoms with E-state index in [9.17, 15) is 9.18 Å². The third-order valence-electron chi connectivity index (χ3n) is 4.60. The fraction of sp³-hybridized carbons (Fsp3) is 0.250. The quantitative estimate of drug-likeness (QED) is 0.629. The number of thioether (sulfide) groups is 1. The van der Waals surface area contributed by atoms with Crippen molar-refractivity contribution in [3.8, 4) is 5.69 Å². The average Bonchev–Trinajstić information content (AvgIpc) is 3.39. The van der Waals surface area contributed by atoms with Crippen LogP contribution in [0, 0.1) is 5.82 Å². The predicted molar refractivity (Wildman–Crippen MR) is 102 cm³/mol. The molecule has 1 atom stereocenters.